The fraction of sp³-hybridized carbons (Fsp3) is 0.353. The molecule has 1 saturated carbocycles. The number of carbonyl (C=O) groups excluding carboxylic acids is 1. The number of carbonyl (C=O) groups is 1. The second-order valence-corrected chi connectivity index (χ2v) is 5.67. The molecule has 0 unspecified atom stereocenters. The van der Waals surface area contributed by atoms with Crippen LogP contribution in [0, 0.1) is 6.92 Å². The van der Waals surface area contributed by atoms with Crippen molar-refractivity contribution in [2.75, 3.05) is 17.7 Å². The molecule has 6 heteroatoms. The van der Waals surface area contributed by atoms with Crippen molar-refractivity contribution in [3.05, 3.63) is 41.7 Å². The fourth-order valence-electron chi connectivity index (χ4n) is 2.33. The topological polar surface area (TPSA) is 76.1 Å². The molecule has 3 rings (SSSR count). The Kier molecular flexibility index (Phi) is 4.41. The zero-order chi connectivity index (χ0) is 16.2. The molecule has 0 saturated heterocycles. The summed E-state index contributed by atoms with van der Waals surface area (Å²) in [4.78, 5) is 20.9. The lowest BCUT2D eigenvalue weighted by Crippen LogP contribution is -2.18. The fourth-order valence-corrected chi connectivity index (χ4v) is 2.33. The molecule has 2 heterocycles. The molecule has 0 aromatic carbocycles. The van der Waals surface area contributed by atoms with E-state index in [4.69, 9.17) is 4.74 Å². The van der Waals surface area contributed by atoms with Gasteiger partial charge in [0.15, 0.2) is 0 Å². The summed E-state index contributed by atoms with van der Waals surface area (Å²) in [6, 6.07) is 6.09. The van der Waals surface area contributed by atoms with E-state index in [1.165, 1.54) is 7.11 Å². The minimum atomic E-state index is -0.119. The highest BCUT2D eigenvalue weighted by Crippen LogP contribution is 2.27. The minimum absolute atomic E-state index is 0.119. The van der Waals surface area contributed by atoms with Crippen LogP contribution in [0.15, 0.2) is 30.6 Å². The summed E-state index contributed by atoms with van der Waals surface area (Å²) in [5, 5.41) is 6.25. The number of hydrogen-bond acceptors (Lipinski definition) is 5. The Balaban J connectivity index is 1.73. The lowest BCUT2D eigenvalue weighted by molar-refractivity contribution is -0.115. The molecule has 0 atom stereocenters. The first kappa shape index (κ1) is 15.3. The van der Waals surface area contributed by atoms with Crippen molar-refractivity contribution in [2.24, 2.45) is 0 Å². The molecule has 1 amide bonds. The number of nitrogens with one attached hydrogen (secondary N) is 2. The Labute approximate surface area is 135 Å². The maximum atomic E-state index is 12.4. The van der Waals surface area contributed by atoms with E-state index in [0.717, 1.165) is 29.8 Å². The number of nitrogens with zero attached hydrogens (tertiary/aromatic N) is 2. The highest BCUT2D eigenvalue weighted by molar-refractivity contribution is 5.94. The highest BCUT2D eigenvalue weighted by Gasteiger charge is 2.23. The standard InChI is InChI=1S/C17H20N4O2/c1-11-7-9-19-17(23-2)15(11)21-14(22)10-12-4-3-8-18-16(12)20-13-5-6-13/h3-4,7-9,13H,5-6,10H2,1-2H3,(H,18,20)(H,21,22). The first-order chi connectivity index (χ1) is 11.2. The van der Waals surface area contributed by atoms with Gasteiger partial charge in [-0.1, -0.05) is 6.07 Å². The molecule has 2 aromatic heterocycles. The van der Waals surface area contributed by atoms with Crippen molar-refractivity contribution >= 4 is 17.4 Å². The van der Waals surface area contributed by atoms with Crippen LogP contribution in [0.4, 0.5) is 11.5 Å². The van der Waals surface area contributed by atoms with E-state index < -0.39 is 0 Å². The molecule has 1 fully saturated rings. The van der Waals surface area contributed by atoms with Crippen LogP contribution in [0.2, 0.25) is 0 Å². The van der Waals surface area contributed by atoms with Gasteiger partial charge in [-0.3, -0.25) is 4.79 Å². The summed E-state index contributed by atoms with van der Waals surface area (Å²) in [6.07, 6.45) is 5.96. The van der Waals surface area contributed by atoms with E-state index in [-0.39, 0.29) is 12.3 Å². The van der Waals surface area contributed by atoms with Crippen molar-refractivity contribution < 1.29 is 9.53 Å². The zero-order valence-corrected chi connectivity index (χ0v) is 13.3. The first-order valence-electron chi connectivity index (χ1n) is 7.67. The van der Waals surface area contributed by atoms with Gasteiger partial charge in [0.05, 0.1) is 13.5 Å². The van der Waals surface area contributed by atoms with Gasteiger partial charge in [0.25, 0.3) is 0 Å². The average Bonchev–Trinajstić information content (AvgIpc) is 3.35. The number of amides is 1. The summed E-state index contributed by atoms with van der Waals surface area (Å²) in [6.45, 7) is 1.91. The van der Waals surface area contributed by atoms with Gasteiger partial charge in [-0.25, -0.2) is 9.97 Å². The molecule has 2 N–H and O–H groups in total. The Bertz CT molecular complexity index is 713. The van der Waals surface area contributed by atoms with Crippen LogP contribution in [0.25, 0.3) is 0 Å². The summed E-state index contributed by atoms with van der Waals surface area (Å²) in [7, 11) is 1.54. The van der Waals surface area contributed by atoms with Gasteiger partial charge in [0.1, 0.15) is 11.5 Å². The molecule has 0 bridgehead atoms. The third-order valence-corrected chi connectivity index (χ3v) is 3.74. The van der Waals surface area contributed by atoms with Crippen molar-refractivity contribution in [2.45, 2.75) is 32.2 Å². The van der Waals surface area contributed by atoms with E-state index in [9.17, 15) is 4.79 Å². The number of anilines is 2. The Morgan fingerprint density at radius 2 is 2.13 bits per heavy atom. The predicted octanol–water partition coefficient (Wildman–Crippen LogP) is 2.55. The number of aromatic nitrogens is 2. The van der Waals surface area contributed by atoms with Gasteiger partial charge in [-0.2, -0.15) is 0 Å². The lowest BCUT2D eigenvalue weighted by Gasteiger charge is -2.13. The van der Waals surface area contributed by atoms with Crippen molar-refractivity contribution in [1.82, 2.24) is 9.97 Å². The number of rotatable bonds is 6. The summed E-state index contributed by atoms with van der Waals surface area (Å²) < 4.78 is 5.21. The third kappa shape index (κ3) is 3.77. The van der Waals surface area contributed by atoms with Crippen molar-refractivity contribution in [3.8, 4) is 5.88 Å². The molecule has 120 valence electrons. The smallest absolute Gasteiger partial charge is 0.237 e. The molecule has 0 aliphatic heterocycles. The lowest BCUT2D eigenvalue weighted by atomic mass is 10.1. The van der Waals surface area contributed by atoms with Crippen LogP contribution in [-0.4, -0.2) is 29.0 Å². The largest absolute Gasteiger partial charge is 0.480 e. The number of pyridine rings is 2. The van der Waals surface area contributed by atoms with Crippen LogP contribution in [0.3, 0.4) is 0 Å². The Morgan fingerprint density at radius 3 is 2.87 bits per heavy atom. The Hall–Kier alpha value is -2.63. The molecule has 0 spiro atoms. The van der Waals surface area contributed by atoms with Gasteiger partial charge >= 0.3 is 0 Å². The third-order valence-electron chi connectivity index (χ3n) is 3.74. The van der Waals surface area contributed by atoms with Gasteiger partial charge in [0.2, 0.25) is 11.8 Å². The average molecular weight is 312 g/mol. The van der Waals surface area contributed by atoms with Crippen molar-refractivity contribution in [1.29, 1.82) is 0 Å². The van der Waals surface area contributed by atoms with Gasteiger partial charge < -0.3 is 15.4 Å². The zero-order valence-electron chi connectivity index (χ0n) is 13.3. The van der Waals surface area contributed by atoms with Crippen LogP contribution in [0.1, 0.15) is 24.0 Å². The number of ether oxygens (including phenoxy) is 1. The second-order valence-electron chi connectivity index (χ2n) is 5.67. The van der Waals surface area contributed by atoms with Gasteiger partial charge in [-0.05, 0) is 37.5 Å². The van der Waals surface area contributed by atoms with Crippen LogP contribution in [-0.2, 0) is 11.2 Å². The predicted molar refractivity (Wildman–Crippen MR) is 88.7 cm³/mol. The SMILES string of the molecule is COc1nccc(C)c1NC(=O)Cc1cccnc1NC1CC1. The summed E-state index contributed by atoms with van der Waals surface area (Å²) in [5.74, 6) is 1.09. The molecular weight excluding hydrogens is 292 g/mol. The molecular formula is C17H20N4O2. The maximum absolute atomic E-state index is 12.4. The van der Waals surface area contributed by atoms with Crippen molar-refractivity contribution in [3.63, 3.8) is 0 Å². The second kappa shape index (κ2) is 6.64. The molecule has 1 aliphatic rings. The molecule has 1 aliphatic carbocycles. The maximum Gasteiger partial charge on any atom is 0.237 e. The Morgan fingerprint density at radius 1 is 1.30 bits per heavy atom. The molecule has 2 aromatic rings. The summed E-state index contributed by atoms with van der Waals surface area (Å²) >= 11 is 0. The van der Waals surface area contributed by atoms with Gasteiger partial charge in [0, 0.05) is 24.0 Å². The van der Waals surface area contributed by atoms with E-state index in [0.29, 0.717) is 17.6 Å². The normalized spacial score (nSPS) is 13.5. The molecule has 0 radical (unpaired) electrons. The highest BCUT2D eigenvalue weighted by atomic mass is 16.5. The first-order valence-corrected chi connectivity index (χ1v) is 7.67. The van der Waals surface area contributed by atoms with E-state index in [1.807, 2.05) is 25.1 Å². The summed E-state index contributed by atoms with van der Waals surface area (Å²) in [5.41, 5.74) is 2.41. The van der Waals surface area contributed by atoms with E-state index >= 15 is 0 Å². The van der Waals surface area contributed by atoms with E-state index in [1.54, 1.807) is 12.4 Å². The van der Waals surface area contributed by atoms with Crippen LogP contribution < -0.4 is 15.4 Å². The minimum Gasteiger partial charge on any atom is -0.480 e. The van der Waals surface area contributed by atoms with Crippen LogP contribution >= 0.6 is 0 Å². The quantitative estimate of drug-likeness (QED) is 0.857. The van der Waals surface area contributed by atoms with E-state index in [2.05, 4.69) is 20.6 Å². The number of methoxy groups -OCH3 is 1. The number of aryl methyl sites for hydroxylation is 1. The van der Waals surface area contributed by atoms with Gasteiger partial charge in [-0.15, -0.1) is 0 Å². The van der Waals surface area contributed by atoms with Crippen LogP contribution in [0.5, 0.6) is 5.88 Å². The molecule has 23 heavy (non-hydrogen) atoms. The monoisotopic (exact) mass is 312 g/mol. The number of hydrogen-bond donors (Lipinski definition) is 2. The molecule has 6 nitrogen and oxygen atoms in total.